The summed E-state index contributed by atoms with van der Waals surface area (Å²) in [4.78, 5) is 16.8. The molecule has 38 heavy (non-hydrogen) atoms. The van der Waals surface area contributed by atoms with Crippen LogP contribution in [-0.2, 0) is 19.3 Å². The second-order valence-corrected chi connectivity index (χ2v) is 11.3. The van der Waals surface area contributed by atoms with Gasteiger partial charge in [-0.05, 0) is 50.8 Å². The molecular weight excluding hydrogens is 481 g/mol. The van der Waals surface area contributed by atoms with Crippen LogP contribution in [0.15, 0.2) is 24.3 Å². The number of ether oxygens (including phenoxy) is 1. The lowest BCUT2D eigenvalue weighted by molar-refractivity contribution is 0.187. The number of nitriles is 1. The van der Waals surface area contributed by atoms with E-state index in [4.69, 9.17) is 14.7 Å². The SMILES string of the molecule is CN1C[C@@H](F)C[C@H]1COc1nc2c(c(N3CCN[C@@H](CC#N)C3)n1)CCC(N1CCCc3ccccc31)C2. The molecule has 4 heterocycles. The van der Waals surface area contributed by atoms with Crippen molar-refractivity contribution in [3.8, 4) is 12.1 Å². The Labute approximate surface area is 224 Å². The number of hydrogen-bond donors (Lipinski definition) is 1. The summed E-state index contributed by atoms with van der Waals surface area (Å²) in [6.45, 7) is 4.31. The highest BCUT2D eigenvalue weighted by Crippen LogP contribution is 2.36. The Balaban J connectivity index is 1.28. The second kappa shape index (κ2) is 11.0. The molecule has 2 aromatic rings. The molecule has 4 atom stereocenters. The van der Waals surface area contributed by atoms with Crippen molar-refractivity contribution in [2.24, 2.45) is 0 Å². The van der Waals surface area contributed by atoms with Gasteiger partial charge in [0.15, 0.2) is 0 Å². The van der Waals surface area contributed by atoms with E-state index >= 15 is 0 Å². The van der Waals surface area contributed by atoms with Crippen molar-refractivity contribution < 1.29 is 9.13 Å². The van der Waals surface area contributed by atoms with Crippen molar-refractivity contribution in [2.45, 2.75) is 69.2 Å². The molecule has 2 saturated heterocycles. The monoisotopic (exact) mass is 519 g/mol. The van der Waals surface area contributed by atoms with Gasteiger partial charge in [-0.1, -0.05) is 18.2 Å². The van der Waals surface area contributed by atoms with Gasteiger partial charge in [-0.15, -0.1) is 0 Å². The number of piperazine rings is 1. The Hall–Kier alpha value is -2.96. The molecule has 1 aromatic heterocycles. The fourth-order valence-electron chi connectivity index (χ4n) is 6.73. The van der Waals surface area contributed by atoms with Crippen LogP contribution in [-0.4, -0.2) is 85.5 Å². The molecule has 9 heteroatoms. The first-order chi connectivity index (χ1) is 18.6. The average molecular weight is 520 g/mol. The molecule has 202 valence electrons. The fourth-order valence-corrected chi connectivity index (χ4v) is 6.73. The third kappa shape index (κ3) is 5.16. The number of rotatable bonds is 6. The van der Waals surface area contributed by atoms with Gasteiger partial charge in [-0.25, -0.2) is 4.39 Å². The summed E-state index contributed by atoms with van der Waals surface area (Å²) < 4.78 is 20.1. The molecular formula is C29H38FN7O. The van der Waals surface area contributed by atoms with Gasteiger partial charge >= 0.3 is 6.01 Å². The van der Waals surface area contributed by atoms with Crippen molar-refractivity contribution in [2.75, 3.05) is 56.2 Å². The highest BCUT2D eigenvalue weighted by Gasteiger charge is 2.34. The van der Waals surface area contributed by atoms with Crippen LogP contribution in [0.3, 0.4) is 0 Å². The maximum atomic E-state index is 13.9. The maximum absolute atomic E-state index is 13.9. The second-order valence-electron chi connectivity index (χ2n) is 11.3. The normalized spacial score (nSPS) is 27.5. The largest absolute Gasteiger partial charge is 0.462 e. The number of anilines is 2. The van der Waals surface area contributed by atoms with Gasteiger partial charge < -0.3 is 19.9 Å². The summed E-state index contributed by atoms with van der Waals surface area (Å²) in [5, 5.41) is 12.7. The first kappa shape index (κ1) is 25.3. The summed E-state index contributed by atoms with van der Waals surface area (Å²) in [5.74, 6) is 0.954. The van der Waals surface area contributed by atoms with Gasteiger partial charge in [0, 0.05) is 68.5 Å². The highest BCUT2D eigenvalue weighted by molar-refractivity contribution is 5.58. The van der Waals surface area contributed by atoms with E-state index in [1.165, 1.54) is 23.2 Å². The molecule has 6 rings (SSSR count). The quantitative estimate of drug-likeness (QED) is 0.624. The average Bonchev–Trinajstić information content (AvgIpc) is 3.27. The molecule has 0 amide bonds. The predicted molar refractivity (Wildman–Crippen MR) is 146 cm³/mol. The van der Waals surface area contributed by atoms with Crippen molar-refractivity contribution >= 4 is 11.5 Å². The summed E-state index contributed by atoms with van der Waals surface area (Å²) in [6.07, 6.45) is 5.32. The minimum atomic E-state index is -0.806. The van der Waals surface area contributed by atoms with E-state index in [-0.39, 0.29) is 12.1 Å². The molecule has 1 N–H and O–H groups in total. The van der Waals surface area contributed by atoms with E-state index < -0.39 is 6.17 Å². The Morgan fingerprint density at radius 2 is 2.08 bits per heavy atom. The maximum Gasteiger partial charge on any atom is 0.318 e. The van der Waals surface area contributed by atoms with Crippen LogP contribution in [0.4, 0.5) is 15.9 Å². The van der Waals surface area contributed by atoms with Crippen LogP contribution in [0, 0.1) is 11.3 Å². The number of halogens is 1. The summed E-state index contributed by atoms with van der Waals surface area (Å²) in [6, 6.07) is 12.0. The Morgan fingerprint density at radius 3 is 2.92 bits per heavy atom. The topological polar surface area (TPSA) is 80.5 Å². The molecule has 0 saturated carbocycles. The minimum Gasteiger partial charge on any atom is -0.462 e. The number of likely N-dealkylation sites (N-methyl/N-ethyl adjacent to an activating group) is 1. The zero-order valence-corrected chi connectivity index (χ0v) is 22.3. The van der Waals surface area contributed by atoms with Crippen molar-refractivity contribution in [1.29, 1.82) is 5.26 Å². The van der Waals surface area contributed by atoms with Crippen LogP contribution in [0.1, 0.15) is 42.5 Å². The Morgan fingerprint density at radius 1 is 1.18 bits per heavy atom. The number of benzene rings is 1. The predicted octanol–water partition coefficient (Wildman–Crippen LogP) is 2.90. The number of hydrogen-bond acceptors (Lipinski definition) is 8. The first-order valence-electron chi connectivity index (χ1n) is 14.2. The van der Waals surface area contributed by atoms with E-state index in [9.17, 15) is 9.65 Å². The molecule has 4 aliphatic rings. The third-order valence-corrected chi connectivity index (χ3v) is 8.73. The molecule has 8 nitrogen and oxygen atoms in total. The number of likely N-dealkylation sites (tertiary alicyclic amines) is 1. The molecule has 0 bridgehead atoms. The van der Waals surface area contributed by atoms with Gasteiger partial charge in [0.05, 0.1) is 18.2 Å². The lowest BCUT2D eigenvalue weighted by Crippen LogP contribution is -2.51. The summed E-state index contributed by atoms with van der Waals surface area (Å²) in [5.41, 5.74) is 5.10. The molecule has 0 spiro atoms. The number of para-hydroxylation sites is 1. The fraction of sp³-hybridized carbons (Fsp3) is 0.621. The minimum absolute atomic E-state index is 0.0323. The lowest BCUT2D eigenvalue weighted by Gasteiger charge is -2.41. The van der Waals surface area contributed by atoms with E-state index in [0.29, 0.717) is 38.0 Å². The molecule has 2 fully saturated rings. The third-order valence-electron chi connectivity index (χ3n) is 8.73. The van der Waals surface area contributed by atoms with Gasteiger partial charge in [0.25, 0.3) is 0 Å². The smallest absolute Gasteiger partial charge is 0.318 e. The van der Waals surface area contributed by atoms with Crippen molar-refractivity contribution in [1.82, 2.24) is 20.2 Å². The van der Waals surface area contributed by atoms with Crippen LogP contribution < -0.4 is 19.9 Å². The van der Waals surface area contributed by atoms with E-state index in [2.05, 4.69) is 45.5 Å². The molecule has 0 radical (unpaired) electrons. The van der Waals surface area contributed by atoms with E-state index in [1.807, 2.05) is 11.9 Å². The number of alkyl halides is 1. The zero-order valence-electron chi connectivity index (χ0n) is 22.3. The Kier molecular flexibility index (Phi) is 7.35. The number of fused-ring (bicyclic) bond motifs is 2. The van der Waals surface area contributed by atoms with E-state index in [1.54, 1.807) is 0 Å². The summed E-state index contributed by atoms with van der Waals surface area (Å²) >= 11 is 0. The molecule has 1 aromatic carbocycles. The van der Waals surface area contributed by atoms with Crippen LogP contribution in [0.5, 0.6) is 6.01 Å². The number of aromatic nitrogens is 2. The molecule has 1 aliphatic carbocycles. The van der Waals surface area contributed by atoms with Gasteiger partial charge in [-0.2, -0.15) is 15.2 Å². The van der Waals surface area contributed by atoms with Crippen LogP contribution in [0.2, 0.25) is 0 Å². The highest BCUT2D eigenvalue weighted by atomic mass is 19.1. The number of aryl methyl sites for hydroxylation is 1. The van der Waals surface area contributed by atoms with Gasteiger partial charge in [-0.3, -0.25) is 4.90 Å². The van der Waals surface area contributed by atoms with Crippen LogP contribution >= 0.6 is 0 Å². The van der Waals surface area contributed by atoms with Crippen molar-refractivity contribution in [3.05, 3.63) is 41.1 Å². The lowest BCUT2D eigenvalue weighted by atomic mass is 9.88. The van der Waals surface area contributed by atoms with E-state index in [0.717, 1.165) is 63.4 Å². The molecule has 1 unspecified atom stereocenters. The Bertz CT molecular complexity index is 1190. The molecule has 3 aliphatic heterocycles. The van der Waals surface area contributed by atoms with Gasteiger partial charge in [0.2, 0.25) is 0 Å². The van der Waals surface area contributed by atoms with Crippen molar-refractivity contribution in [3.63, 3.8) is 0 Å². The zero-order chi connectivity index (χ0) is 26.1. The standard InChI is InChI=1S/C29H38FN7O/c1-35-17-21(30)15-24(35)19-38-29-33-26-16-23(37-13-4-6-20-5-2-3-7-27(20)37)8-9-25(26)28(34-29)36-14-12-32-22(18-36)10-11-31/h2-3,5,7,21-24,32H,4,6,8-10,12-19H2,1H3/t21-,22-,23?,24-/m0/s1. The first-order valence-corrected chi connectivity index (χ1v) is 14.2. The van der Waals surface area contributed by atoms with Crippen LogP contribution in [0.25, 0.3) is 0 Å². The summed E-state index contributed by atoms with van der Waals surface area (Å²) in [7, 11) is 1.95. The number of nitrogens with zero attached hydrogens (tertiary/aromatic N) is 6. The number of nitrogens with one attached hydrogen (secondary N) is 1. The van der Waals surface area contributed by atoms with Gasteiger partial charge in [0.1, 0.15) is 18.6 Å².